The molecule has 0 radical (unpaired) electrons. The zero-order valence-corrected chi connectivity index (χ0v) is 19.8. The quantitative estimate of drug-likeness (QED) is 0.455. The van der Waals surface area contributed by atoms with E-state index in [2.05, 4.69) is 15.8 Å². The predicted octanol–water partition coefficient (Wildman–Crippen LogP) is 4.80. The summed E-state index contributed by atoms with van der Waals surface area (Å²) in [5.41, 5.74) is 7.12. The summed E-state index contributed by atoms with van der Waals surface area (Å²) < 4.78 is 5.74. The van der Waals surface area contributed by atoms with Gasteiger partial charge in [0.25, 0.3) is 5.91 Å². The fraction of sp³-hybridized carbons (Fsp3) is 0.500. The smallest absolute Gasteiger partial charge is 0.262 e. The van der Waals surface area contributed by atoms with Crippen molar-refractivity contribution in [3.8, 4) is 5.75 Å². The van der Waals surface area contributed by atoms with Crippen LogP contribution in [0.5, 0.6) is 5.75 Å². The van der Waals surface area contributed by atoms with E-state index in [9.17, 15) is 9.59 Å². The molecule has 4 saturated carbocycles. The first-order chi connectivity index (χ1) is 15.9. The zero-order chi connectivity index (χ0) is 22.8. The molecule has 174 valence electrons. The molecular formula is C26H31N3O3S. The van der Waals surface area contributed by atoms with Crippen molar-refractivity contribution in [2.45, 2.75) is 58.5 Å². The molecule has 1 aromatic heterocycles. The van der Waals surface area contributed by atoms with E-state index >= 15 is 0 Å². The number of benzene rings is 1. The average Bonchev–Trinajstić information content (AvgIpc) is 3.19. The number of hydrogen-bond acceptors (Lipinski definition) is 5. The van der Waals surface area contributed by atoms with E-state index in [0.29, 0.717) is 13.0 Å². The second kappa shape index (κ2) is 9.29. The molecular weight excluding hydrogens is 434 g/mol. The molecule has 4 fully saturated rings. The van der Waals surface area contributed by atoms with Crippen molar-refractivity contribution in [3.63, 3.8) is 0 Å². The minimum Gasteiger partial charge on any atom is -0.487 e. The molecule has 0 atom stereocenters. The SMILES string of the molecule is Cc1nc(COc2ccc(/C=C/C(=O)NNC(=O)CC34CC5CC(CC(C5)C3)C4)cc2)cs1. The number of hydrogen-bond donors (Lipinski definition) is 2. The molecule has 1 aromatic carbocycles. The summed E-state index contributed by atoms with van der Waals surface area (Å²) in [6.45, 7) is 2.41. The lowest BCUT2D eigenvalue weighted by atomic mass is 9.49. The van der Waals surface area contributed by atoms with Crippen LogP contribution >= 0.6 is 11.3 Å². The highest BCUT2D eigenvalue weighted by molar-refractivity contribution is 7.09. The van der Waals surface area contributed by atoms with Gasteiger partial charge in [0.15, 0.2) is 0 Å². The summed E-state index contributed by atoms with van der Waals surface area (Å²) >= 11 is 1.61. The number of aromatic nitrogens is 1. The van der Waals surface area contributed by atoms with Gasteiger partial charge >= 0.3 is 0 Å². The number of thiazole rings is 1. The van der Waals surface area contributed by atoms with Gasteiger partial charge in [-0.3, -0.25) is 20.4 Å². The van der Waals surface area contributed by atoms with Gasteiger partial charge < -0.3 is 4.74 Å². The Hall–Kier alpha value is -2.67. The van der Waals surface area contributed by atoms with Crippen LogP contribution in [-0.4, -0.2) is 16.8 Å². The molecule has 6 rings (SSSR count). The van der Waals surface area contributed by atoms with Crippen LogP contribution in [0.3, 0.4) is 0 Å². The number of nitrogens with zero attached hydrogens (tertiary/aromatic N) is 1. The van der Waals surface area contributed by atoms with E-state index in [4.69, 9.17) is 4.74 Å². The molecule has 6 nitrogen and oxygen atoms in total. The summed E-state index contributed by atoms with van der Waals surface area (Å²) in [6.07, 6.45) is 11.3. The third kappa shape index (κ3) is 5.46. The summed E-state index contributed by atoms with van der Waals surface area (Å²) in [5.74, 6) is 2.78. The highest BCUT2D eigenvalue weighted by atomic mass is 32.1. The van der Waals surface area contributed by atoms with Gasteiger partial charge in [0, 0.05) is 17.9 Å². The van der Waals surface area contributed by atoms with Gasteiger partial charge in [0.05, 0.1) is 10.7 Å². The van der Waals surface area contributed by atoms with Crippen LogP contribution in [0.1, 0.15) is 61.2 Å². The van der Waals surface area contributed by atoms with Gasteiger partial charge in [0.1, 0.15) is 12.4 Å². The summed E-state index contributed by atoms with van der Waals surface area (Å²) in [5, 5.41) is 3.02. The van der Waals surface area contributed by atoms with E-state index < -0.39 is 0 Å². The molecule has 0 unspecified atom stereocenters. The van der Waals surface area contributed by atoms with E-state index in [0.717, 1.165) is 39.8 Å². The van der Waals surface area contributed by atoms with Crippen LogP contribution in [0.25, 0.3) is 6.08 Å². The summed E-state index contributed by atoms with van der Waals surface area (Å²) in [4.78, 5) is 29.1. The number of carbonyl (C=O) groups is 2. The van der Waals surface area contributed by atoms with Crippen LogP contribution in [-0.2, 0) is 16.2 Å². The molecule has 7 heteroatoms. The molecule has 1 heterocycles. The Labute approximate surface area is 198 Å². The lowest BCUT2D eigenvalue weighted by Gasteiger charge is -2.56. The minimum absolute atomic E-state index is 0.0736. The lowest BCUT2D eigenvalue weighted by Crippen LogP contribution is -2.49. The summed E-state index contributed by atoms with van der Waals surface area (Å²) in [7, 11) is 0. The molecule has 0 spiro atoms. The number of carbonyl (C=O) groups excluding carboxylic acids is 2. The van der Waals surface area contributed by atoms with Crippen LogP contribution < -0.4 is 15.6 Å². The fourth-order valence-corrected chi connectivity index (χ4v) is 7.14. The van der Waals surface area contributed by atoms with Crippen molar-refractivity contribution in [1.82, 2.24) is 15.8 Å². The highest BCUT2D eigenvalue weighted by Crippen LogP contribution is 2.61. The van der Waals surface area contributed by atoms with Crippen LogP contribution in [0.4, 0.5) is 0 Å². The monoisotopic (exact) mass is 465 g/mol. The van der Waals surface area contributed by atoms with Crippen molar-refractivity contribution in [2.24, 2.45) is 23.2 Å². The van der Waals surface area contributed by atoms with Crippen molar-refractivity contribution in [3.05, 3.63) is 52.0 Å². The van der Waals surface area contributed by atoms with Gasteiger partial charge in [-0.05, 0) is 92.4 Å². The predicted molar refractivity (Wildman–Crippen MR) is 128 cm³/mol. The van der Waals surface area contributed by atoms with Crippen molar-refractivity contribution in [2.75, 3.05) is 0 Å². The van der Waals surface area contributed by atoms with Gasteiger partial charge in [-0.2, -0.15) is 0 Å². The maximum Gasteiger partial charge on any atom is 0.262 e. The highest BCUT2D eigenvalue weighted by Gasteiger charge is 2.51. The Morgan fingerprint density at radius 3 is 2.36 bits per heavy atom. The normalized spacial score (nSPS) is 27.6. The van der Waals surface area contributed by atoms with E-state index in [1.54, 1.807) is 17.4 Å². The topological polar surface area (TPSA) is 80.3 Å². The number of aryl methyl sites for hydroxylation is 1. The van der Waals surface area contributed by atoms with E-state index in [1.807, 2.05) is 36.6 Å². The molecule has 2 aromatic rings. The second-order valence-electron chi connectivity index (χ2n) is 10.2. The average molecular weight is 466 g/mol. The number of rotatable bonds is 7. The van der Waals surface area contributed by atoms with Crippen molar-refractivity contribution >= 4 is 29.2 Å². The lowest BCUT2D eigenvalue weighted by molar-refractivity contribution is -0.133. The second-order valence-corrected chi connectivity index (χ2v) is 11.2. The van der Waals surface area contributed by atoms with Gasteiger partial charge in [0.2, 0.25) is 5.91 Å². The van der Waals surface area contributed by atoms with E-state index in [-0.39, 0.29) is 17.2 Å². The molecule has 4 bridgehead atoms. The molecule has 0 aliphatic heterocycles. The number of hydrazine groups is 1. The largest absolute Gasteiger partial charge is 0.487 e. The first-order valence-corrected chi connectivity index (χ1v) is 12.7. The molecule has 4 aliphatic carbocycles. The molecule has 2 amide bonds. The van der Waals surface area contributed by atoms with Gasteiger partial charge in [-0.25, -0.2) is 4.98 Å². The maximum atomic E-state index is 12.5. The van der Waals surface area contributed by atoms with Crippen LogP contribution in [0.15, 0.2) is 35.7 Å². The maximum absolute atomic E-state index is 12.5. The first-order valence-electron chi connectivity index (χ1n) is 11.9. The zero-order valence-electron chi connectivity index (χ0n) is 19.0. The van der Waals surface area contributed by atoms with Crippen molar-refractivity contribution in [1.29, 1.82) is 0 Å². The molecule has 2 N–H and O–H groups in total. The van der Waals surface area contributed by atoms with Gasteiger partial charge in [-0.1, -0.05) is 12.1 Å². The Kier molecular flexibility index (Phi) is 6.23. The molecule has 0 saturated heterocycles. The Balaban J connectivity index is 1.06. The Morgan fingerprint density at radius 1 is 1.09 bits per heavy atom. The van der Waals surface area contributed by atoms with Crippen LogP contribution in [0.2, 0.25) is 0 Å². The molecule has 4 aliphatic rings. The number of nitrogens with one attached hydrogen (secondary N) is 2. The van der Waals surface area contributed by atoms with E-state index in [1.165, 1.54) is 44.6 Å². The Morgan fingerprint density at radius 2 is 1.76 bits per heavy atom. The summed E-state index contributed by atoms with van der Waals surface area (Å²) in [6, 6.07) is 7.50. The molecule has 33 heavy (non-hydrogen) atoms. The van der Waals surface area contributed by atoms with Crippen molar-refractivity contribution < 1.29 is 14.3 Å². The van der Waals surface area contributed by atoms with Gasteiger partial charge in [-0.15, -0.1) is 11.3 Å². The minimum atomic E-state index is -0.340. The third-order valence-corrected chi connectivity index (χ3v) is 8.21. The van der Waals surface area contributed by atoms with Crippen LogP contribution in [0, 0.1) is 30.1 Å². The Bertz CT molecular complexity index is 1010. The number of amides is 2. The fourth-order valence-electron chi connectivity index (χ4n) is 6.54. The third-order valence-electron chi connectivity index (χ3n) is 7.39. The standard InChI is InChI=1S/C26H31N3O3S/c1-17-27-22(16-33-17)15-32-23-5-2-18(3-6-23)4-7-24(30)28-29-25(31)14-26-11-19-8-20(12-26)10-21(9-19)13-26/h2-7,16,19-21H,8-15H2,1H3,(H,28,30)(H,29,31)/b7-4+. The number of ether oxygens (including phenoxy) is 1. The first kappa shape index (κ1) is 22.1.